The van der Waals surface area contributed by atoms with E-state index in [0.29, 0.717) is 6.42 Å². The minimum absolute atomic E-state index is 0.192. The Morgan fingerprint density at radius 2 is 2.00 bits per heavy atom. The lowest BCUT2D eigenvalue weighted by Crippen LogP contribution is -2.56. The van der Waals surface area contributed by atoms with E-state index in [1.54, 1.807) is 20.8 Å². The highest BCUT2D eigenvalue weighted by atomic mass is 16.2. The molecule has 3 nitrogen and oxygen atoms in total. The SMILES string of the molecule is C#CC(C)(C)NC(=O)C(C)(N)CCC. The molecule has 0 spiro atoms. The summed E-state index contributed by atoms with van der Waals surface area (Å²) in [5, 5.41) is 2.73. The zero-order chi connectivity index (χ0) is 11.4. The van der Waals surface area contributed by atoms with Crippen LogP contribution in [0.5, 0.6) is 0 Å². The highest BCUT2D eigenvalue weighted by Gasteiger charge is 2.30. The molecule has 80 valence electrons. The monoisotopic (exact) mass is 196 g/mol. The van der Waals surface area contributed by atoms with Gasteiger partial charge in [-0.15, -0.1) is 6.42 Å². The third kappa shape index (κ3) is 3.80. The molecule has 0 aliphatic rings. The van der Waals surface area contributed by atoms with Gasteiger partial charge >= 0.3 is 0 Å². The Hall–Kier alpha value is -1.01. The first-order valence-electron chi connectivity index (χ1n) is 4.84. The van der Waals surface area contributed by atoms with E-state index < -0.39 is 11.1 Å². The van der Waals surface area contributed by atoms with E-state index in [1.807, 2.05) is 6.92 Å². The van der Waals surface area contributed by atoms with Crippen LogP contribution in [-0.2, 0) is 4.79 Å². The molecule has 0 aromatic carbocycles. The molecular formula is C11H20N2O. The van der Waals surface area contributed by atoms with Gasteiger partial charge in [-0.05, 0) is 27.2 Å². The van der Waals surface area contributed by atoms with Crippen LogP contribution in [-0.4, -0.2) is 17.0 Å². The van der Waals surface area contributed by atoms with Gasteiger partial charge in [-0.25, -0.2) is 0 Å². The summed E-state index contributed by atoms with van der Waals surface area (Å²) in [6.07, 6.45) is 6.79. The van der Waals surface area contributed by atoms with E-state index in [1.165, 1.54) is 0 Å². The quantitative estimate of drug-likeness (QED) is 0.660. The van der Waals surface area contributed by atoms with Gasteiger partial charge in [-0.1, -0.05) is 19.3 Å². The number of rotatable bonds is 4. The summed E-state index contributed by atoms with van der Waals surface area (Å²) in [6, 6.07) is 0. The third-order valence-corrected chi connectivity index (χ3v) is 2.07. The van der Waals surface area contributed by atoms with Crippen molar-refractivity contribution in [2.45, 2.75) is 51.6 Å². The van der Waals surface area contributed by atoms with Crippen LogP contribution < -0.4 is 11.1 Å². The Bertz CT molecular complexity index is 249. The van der Waals surface area contributed by atoms with Crippen LogP contribution in [0.3, 0.4) is 0 Å². The summed E-state index contributed by atoms with van der Waals surface area (Å²) < 4.78 is 0. The number of terminal acetylenes is 1. The van der Waals surface area contributed by atoms with E-state index >= 15 is 0 Å². The normalized spacial score (nSPS) is 15.4. The summed E-state index contributed by atoms with van der Waals surface area (Å²) in [6.45, 7) is 7.25. The number of hydrogen-bond donors (Lipinski definition) is 2. The van der Waals surface area contributed by atoms with Crippen molar-refractivity contribution in [2.24, 2.45) is 5.73 Å². The minimum Gasteiger partial charge on any atom is -0.339 e. The summed E-state index contributed by atoms with van der Waals surface area (Å²) >= 11 is 0. The maximum Gasteiger partial charge on any atom is 0.240 e. The smallest absolute Gasteiger partial charge is 0.240 e. The molecule has 0 fully saturated rings. The Morgan fingerprint density at radius 1 is 1.50 bits per heavy atom. The van der Waals surface area contributed by atoms with Gasteiger partial charge < -0.3 is 11.1 Å². The average Bonchev–Trinajstić information content (AvgIpc) is 2.03. The van der Waals surface area contributed by atoms with Gasteiger partial charge in [-0.3, -0.25) is 4.79 Å². The Balaban J connectivity index is 4.43. The highest BCUT2D eigenvalue weighted by Crippen LogP contribution is 2.10. The second kappa shape index (κ2) is 4.47. The average molecular weight is 196 g/mol. The summed E-state index contributed by atoms with van der Waals surface area (Å²) in [4.78, 5) is 11.7. The molecule has 0 aromatic heterocycles. The van der Waals surface area contributed by atoms with Gasteiger partial charge in [0.2, 0.25) is 5.91 Å². The molecule has 0 radical (unpaired) electrons. The van der Waals surface area contributed by atoms with Crippen molar-refractivity contribution in [1.29, 1.82) is 0 Å². The largest absolute Gasteiger partial charge is 0.339 e. The van der Waals surface area contributed by atoms with Crippen LogP contribution in [0.25, 0.3) is 0 Å². The predicted molar refractivity (Wildman–Crippen MR) is 58.6 cm³/mol. The van der Waals surface area contributed by atoms with E-state index in [9.17, 15) is 4.79 Å². The molecule has 1 amide bonds. The van der Waals surface area contributed by atoms with Crippen LogP contribution in [0.15, 0.2) is 0 Å². The standard InChI is InChI=1S/C11H20N2O/c1-6-8-11(5,12)9(14)13-10(3,4)7-2/h2H,6,8,12H2,1,3-5H3,(H,13,14). The van der Waals surface area contributed by atoms with Crippen molar-refractivity contribution >= 4 is 5.91 Å². The fraction of sp³-hybridized carbons (Fsp3) is 0.727. The van der Waals surface area contributed by atoms with Gasteiger partial charge in [0.1, 0.15) is 0 Å². The van der Waals surface area contributed by atoms with Gasteiger partial charge in [-0.2, -0.15) is 0 Å². The van der Waals surface area contributed by atoms with Crippen molar-refractivity contribution in [2.75, 3.05) is 0 Å². The topological polar surface area (TPSA) is 55.1 Å². The molecule has 0 bridgehead atoms. The second-order valence-electron chi connectivity index (χ2n) is 4.39. The first kappa shape index (κ1) is 13.0. The molecule has 3 N–H and O–H groups in total. The number of nitrogens with two attached hydrogens (primary N) is 1. The number of nitrogens with one attached hydrogen (secondary N) is 1. The van der Waals surface area contributed by atoms with Gasteiger partial charge in [0.15, 0.2) is 0 Å². The Morgan fingerprint density at radius 3 is 2.36 bits per heavy atom. The summed E-state index contributed by atoms with van der Waals surface area (Å²) in [5.41, 5.74) is 4.39. The number of amides is 1. The maximum atomic E-state index is 11.7. The van der Waals surface area contributed by atoms with Crippen molar-refractivity contribution in [1.82, 2.24) is 5.32 Å². The highest BCUT2D eigenvalue weighted by molar-refractivity contribution is 5.86. The van der Waals surface area contributed by atoms with Crippen molar-refractivity contribution in [3.8, 4) is 12.3 Å². The molecule has 0 rings (SSSR count). The molecule has 14 heavy (non-hydrogen) atoms. The van der Waals surface area contributed by atoms with Gasteiger partial charge in [0.05, 0.1) is 11.1 Å². The van der Waals surface area contributed by atoms with Gasteiger partial charge in [0.25, 0.3) is 0 Å². The van der Waals surface area contributed by atoms with E-state index in [-0.39, 0.29) is 5.91 Å². The second-order valence-corrected chi connectivity index (χ2v) is 4.39. The summed E-state index contributed by atoms with van der Waals surface area (Å²) in [5.74, 6) is 2.31. The van der Waals surface area contributed by atoms with Crippen molar-refractivity contribution < 1.29 is 4.79 Å². The molecule has 0 aliphatic heterocycles. The third-order valence-electron chi connectivity index (χ3n) is 2.07. The zero-order valence-corrected chi connectivity index (χ0v) is 9.48. The lowest BCUT2D eigenvalue weighted by atomic mass is 9.94. The predicted octanol–water partition coefficient (Wildman–Crippen LogP) is 1.03. The maximum absolute atomic E-state index is 11.7. The van der Waals surface area contributed by atoms with Crippen LogP contribution >= 0.6 is 0 Å². The molecule has 0 saturated heterocycles. The molecule has 0 saturated carbocycles. The lowest BCUT2D eigenvalue weighted by molar-refractivity contribution is -0.127. The van der Waals surface area contributed by atoms with Crippen molar-refractivity contribution in [3.05, 3.63) is 0 Å². The Kier molecular flexibility index (Phi) is 4.15. The molecule has 0 heterocycles. The van der Waals surface area contributed by atoms with Crippen LogP contribution in [0, 0.1) is 12.3 Å². The number of carbonyl (C=O) groups excluding carboxylic acids is 1. The molecular weight excluding hydrogens is 176 g/mol. The molecule has 1 atom stereocenters. The van der Waals surface area contributed by atoms with Gasteiger partial charge in [0, 0.05) is 0 Å². The van der Waals surface area contributed by atoms with E-state index in [2.05, 4.69) is 11.2 Å². The van der Waals surface area contributed by atoms with E-state index in [4.69, 9.17) is 12.2 Å². The Labute approximate surface area is 86.4 Å². The first-order chi connectivity index (χ1) is 6.25. The molecule has 3 heteroatoms. The fourth-order valence-corrected chi connectivity index (χ4v) is 1.10. The first-order valence-corrected chi connectivity index (χ1v) is 4.84. The number of carbonyl (C=O) groups is 1. The molecule has 0 aromatic rings. The van der Waals surface area contributed by atoms with Crippen molar-refractivity contribution in [3.63, 3.8) is 0 Å². The lowest BCUT2D eigenvalue weighted by Gasteiger charge is -2.28. The van der Waals surface area contributed by atoms with Crippen LogP contribution in [0.2, 0.25) is 0 Å². The van der Waals surface area contributed by atoms with Crippen LogP contribution in [0.4, 0.5) is 0 Å². The molecule has 0 aliphatic carbocycles. The minimum atomic E-state index is -0.830. The number of hydrogen-bond acceptors (Lipinski definition) is 2. The zero-order valence-electron chi connectivity index (χ0n) is 9.48. The molecule has 1 unspecified atom stereocenters. The fourth-order valence-electron chi connectivity index (χ4n) is 1.10. The van der Waals surface area contributed by atoms with E-state index in [0.717, 1.165) is 6.42 Å². The van der Waals surface area contributed by atoms with Crippen LogP contribution in [0.1, 0.15) is 40.5 Å². The summed E-state index contributed by atoms with van der Waals surface area (Å²) in [7, 11) is 0.